The molecule has 10 atom stereocenters. The van der Waals surface area contributed by atoms with Crippen LogP contribution >= 0.6 is 0 Å². The summed E-state index contributed by atoms with van der Waals surface area (Å²) in [7, 11) is 2.76. The van der Waals surface area contributed by atoms with Gasteiger partial charge in [0.05, 0.1) is 19.2 Å². The maximum Gasteiger partial charge on any atom is 0.248 e. The van der Waals surface area contributed by atoms with Gasteiger partial charge in [-0.1, -0.05) is 67.7 Å². The summed E-state index contributed by atoms with van der Waals surface area (Å²) in [4.78, 5) is 142. The first-order valence-electron chi connectivity index (χ1n) is 24.8. The number of nitrogens with two attached hydrogens (primary N) is 2. The van der Waals surface area contributed by atoms with E-state index in [2.05, 4.69) is 42.2 Å². The van der Waals surface area contributed by atoms with Gasteiger partial charge in [-0.05, 0) is 63.7 Å². The summed E-state index contributed by atoms with van der Waals surface area (Å²) in [5.74, 6) is -7.80. The summed E-state index contributed by atoms with van der Waals surface area (Å²) in [6.45, 7) is 16.6. The summed E-state index contributed by atoms with van der Waals surface area (Å²) >= 11 is 0. The number of aliphatic hydroxyl groups excluding tert-OH is 1. The van der Waals surface area contributed by atoms with Crippen molar-refractivity contribution in [3.63, 3.8) is 0 Å². The van der Waals surface area contributed by atoms with E-state index in [1.165, 1.54) is 32.8 Å². The minimum Gasteiger partial charge on any atom is -0.391 e. The Morgan fingerprint density at radius 1 is 0.718 bits per heavy atom. The largest absolute Gasteiger partial charge is 0.391 e. The zero-order valence-electron chi connectivity index (χ0n) is 44.0. The topological polar surface area (TPSA) is 349 Å². The molecule has 0 aliphatic carbocycles. The van der Waals surface area contributed by atoms with Gasteiger partial charge in [-0.2, -0.15) is 0 Å². The summed E-state index contributed by atoms with van der Waals surface area (Å²) in [6.07, 6.45) is 1.27. The van der Waals surface area contributed by atoms with E-state index in [9.17, 15) is 53.1 Å². The molecule has 0 aromatic carbocycles. The van der Waals surface area contributed by atoms with Crippen molar-refractivity contribution in [1.82, 2.24) is 51.9 Å². The Morgan fingerprint density at radius 3 is 1.77 bits per heavy atom. The number of amides is 10. The Kier molecular flexibility index (Phi) is 27.8. The van der Waals surface area contributed by atoms with E-state index in [4.69, 9.17) is 11.5 Å². The van der Waals surface area contributed by atoms with Crippen LogP contribution in [0.5, 0.6) is 0 Å². The van der Waals surface area contributed by atoms with Crippen molar-refractivity contribution in [2.24, 2.45) is 34.2 Å². The van der Waals surface area contributed by atoms with E-state index >= 15 is 0 Å². The molecule has 1 aliphatic heterocycles. The van der Waals surface area contributed by atoms with Crippen LogP contribution in [0, 0.1) is 17.8 Å². The van der Waals surface area contributed by atoms with Crippen LogP contribution in [0.4, 0.5) is 0 Å². The maximum absolute atomic E-state index is 14.3. The number of aliphatic hydroxyl groups is 1. The lowest BCUT2D eigenvalue weighted by Gasteiger charge is -2.35. The lowest BCUT2D eigenvalue weighted by Crippen LogP contribution is -2.63. The van der Waals surface area contributed by atoms with Gasteiger partial charge >= 0.3 is 0 Å². The fourth-order valence-corrected chi connectivity index (χ4v) is 7.81. The molecule has 0 radical (unpaired) electrons. The first-order chi connectivity index (χ1) is 33.3. The molecule has 0 saturated carbocycles. The fourth-order valence-electron chi connectivity index (χ4n) is 7.81. The molecule has 1 fully saturated rings. The van der Waals surface area contributed by atoms with Crippen LogP contribution in [0.1, 0.15) is 121 Å². The first-order valence-corrected chi connectivity index (χ1v) is 24.8. The van der Waals surface area contributed by atoms with Gasteiger partial charge in [0.15, 0.2) is 5.96 Å². The van der Waals surface area contributed by atoms with Gasteiger partial charge in [-0.3, -0.25) is 52.9 Å². The number of carbonyl (C=O) groups excluding carboxylic acids is 10. The molecule has 1 aliphatic rings. The number of nitrogens with zero attached hydrogens (tertiary/aromatic N) is 4. The first kappa shape index (κ1) is 62.9. The van der Waals surface area contributed by atoms with Crippen LogP contribution in [0.15, 0.2) is 4.99 Å². The number of likely N-dealkylation sites (N-methyl/N-ethyl adjacent to an activating group) is 3. The molecule has 0 aromatic rings. The molecule has 12 N–H and O–H groups in total. The Labute approximate surface area is 419 Å². The van der Waals surface area contributed by atoms with Gasteiger partial charge in [-0.25, -0.2) is 0 Å². The quantitative estimate of drug-likeness (QED) is 0.0211. The number of rotatable bonds is 30. The molecule has 0 unspecified atom stereocenters. The third-order valence-corrected chi connectivity index (χ3v) is 12.7. The van der Waals surface area contributed by atoms with E-state index in [1.807, 2.05) is 6.92 Å². The Bertz CT molecular complexity index is 1860. The van der Waals surface area contributed by atoms with Gasteiger partial charge in [-0.15, -0.1) is 0 Å². The molecule has 0 bridgehead atoms. The predicted molar refractivity (Wildman–Crippen MR) is 266 cm³/mol. The monoisotopic (exact) mass is 1010 g/mol. The standard InChI is InChI=1S/C47H85N13O11/c1-13-19-32(41(66)55-37(27(7)14-2)43(68)53-31(20-17-22-51-47(48)49)45(70)60-23-18-21-33(60)40(65)50-16-4)59(12)46(71)39(29(9)61)57-44(69)38(28(8)15-3)56-42(67)36(26(5)6)54-34(63)24-52-35(64)25-58(11)30(10)62/h26-29,31-33,36-39,61H,13-25H2,1-12H3,(H,50,65)(H,52,64)(H,53,68)(H,54,63)(H,55,66)(H,56,67)(H,57,69)(H4,48,49,51)/t27-,28+,29+,31-,32-,33-,36-,37-,38+,39-/m0/s1. The molecule has 1 heterocycles. The number of hydrogen-bond acceptors (Lipinski definition) is 12. The highest BCUT2D eigenvalue weighted by atomic mass is 16.3. The van der Waals surface area contributed by atoms with Crippen molar-refractivity contribution in [1.29, 1.82) is 0 Å². The molecule has 10 amide bonds. The second kappa shape index (κ2) is 31.3. The van der Waals surface area contributed by atoms with Crippen molar-refractivity contribution < 1.29 is 53.1 Å². The summed E-state index contributed by atoms with van der Waals surface area (Å²) in [5, 5.41) is 29.6. The van der Waals surface area contributed by atoms with Crippen molar-refractivity contribution in [3.8, 4) is 0 Å². The Balaban J connectivity index is 3.38. The van der Waals surface area contributed by atoms with E-state index in [0.29, 0.717) is 51.6 Å². The third kappa shape index (κ3) is 20.3. The maximum atomic E-state index is 14.3. The number of hydrogen-bond donors (Lipinski definition) is 10. The highest BCUT2D eigenvalue weighted by Gasteiger charge is 2.41. The molecule has 1 rings (SSSR count). The molecule has 0 aromatic heterocycles. The summed E-state index contributed by atoms with van der Waals surface area (Å²) in [6, 6.07) is -8.25. The van der Waals surface area contributed by atoms with Gasteiger partial charge in [0.25, 0.3) is 0 Å². The number of carbonyl (C=O) groups is 10. The Morgan fingerprint density at radius 2 is 1.27 bits per heavy atom. The summed E-state index contributed by atoms with van der Waals surface area (Å²) < 4.78 is 0. The minimum absolute atomic E-state index is 0.110. The Hall–Kier alpha value is -6.07. The third-order valence-electron chi connectivity index (χ3n) is 12.7. The highest BCUT2D eigenvalue weighted by molar-refractivity contribution is 5.98. The van der Waals surface area contributed by atoms with Gasteiger partial charge in [0, 0.05) is 40.7 Å². The average molecular weight is 1010 g/mol. The number of aliphatic imine (C=N–C) groups is 1. The lowest BCUT2D eigenvalue weighted by atomic mass is 9.95. The van der Waals surface area contributed by atoms with Crippen LogP contribution in [-0.4, -0.2) is 180 Å². The molecular weight excluding hydrogens is 923 g/mol. The van der Waals surface area contributed by atoms with Crippen LogP contribution in [0.2, 0.25) is 0 Å². The molecule has 24 nitrogen and oxygen atoms in total. The van der Waals surface area contributed by atoms with Crippen LogP contribution in [-0.2, 0) is 47.9 Å². The van der Waals surface area contributed by atoms with Gasteiger partial charge in [0.1, 0.15) is 42.3 Å². The van der Waals surface area contributed by atoms with E-state index in [0.717, 1.165) is 9.80 Å². The lowest BCUT2D eigenvalue weighted by molar-refractivity contribution is -0.146. The molecule has 71 heavy (non-hydrogen) atoms. The average Bonchev–Trinajstić information content (AvgIpc) is 3.81. The smallest absolute Gasteiger partial charge is 0.248 e. The number of likely N-dealkylation sites (tertiary alicyclic amines) is 1. The van der Waals surface area contributed by atoms with Gasteiger partial charge in [0.2, 0.25) is 59.1 Å². The fraction of sp³-hybridized carbons (Fsp3) is 0.766. The highest BCUT2D eigenvalue weighted by Crippen LogP contribution is 2.21. The van der Waals surface area contributed by atoms with Crippen molar-refractivity contribution in [2.45, 2.75) is 169 Å². The van der Waals surface area contributed by atoms with Crippen molar-refractivity contribution in [3.05, 3.63) is 0 Å². The number of nitrogens with one attached hydrogen (secondary N) is 7. The van der Waals surface area contributed by atoms with Crippen LogP contribution in [0.25, 0.3) is 0 Å². The zero-order valence-corrected chi connectivity index (χ0v) is 44.0. The normalized spacial score (nSPS) is 17.0. The number of guanidine groups is 1. The SMILES string of the molecule is CCC[C@@H](C(=O)N[C@H](C(=O)N[C@@H](CCCN=C(N)N)C(=O)N1CCC[C@H]1C(=O)NCC)[C@@H](C)CC)N(C)C(=O)[C@@H](NC(=O)[C@H](NC(=O)[C@@H](NC(=O)CNC(=O)CN(C)C(C)=O)C(C)C)[C@H](C)CC)[C@@H](C)O. The molecule has 1 saturated heterocycles. The van der Waals surface area contributed by atoms with E-state index < -0.39 is 120 Å². The summed E-state index contributed by atoms with van der Waals surface area (Å²) in [5.41, 5.74) is 11.0. The molecule has 0 spiro atoms. The molecular formula is C47H85N13O11. The second-order valence-electron chi connectivity index (χ2n) is 18.8. The zero-order chi connectivity index (χ0) is 54.3. The second-order valence-corrected chi connectivity index (χ2v) is 18.8. The van der Waals surface area contributed by atoms with Crippen molar-refractivity contribution in [2.75, 3.05) is 46.8 Å². The van der Waals surface area contributed by atoms with Gasteiger partial charge < -0.3 is 68.5 Å². The van der Waals surface area contributed by atoms with E-state index in [1.54, 1.807) is 48.5 Å². The predicted octanol–water partition coefficient (Wildman–Crippen LogP) is -2.06. The minimum atomic E-state index is -1.61. The van der Waals surface area contributed by atoms with E-state index in [-0.39, 0.29) is 43.7 Å². The molecule has 404 valence electrons. The van der Waals surface area contributed by atoms with Crippen LogP contribution in [0.3, 0.4) is 0 Å². The van der Waals surface area contributed by atoms with Crippen LogP contribution < -0.4 is 48.7 Å². The van der Waals surface area contributed by atoms with Crippen molar-refractivity contribution >= 4 is 65.0 Å². The molecule has 24 heteroatoms.